The van der Waals surface area contributed by atoms with Gasteiger partial charge in [-0.1, -0.05) is 0 Å². The second-order valence-corrected chi connectivity index (χ2v) is 3.38. The number of hydrogen-bond donors (Lipinski definition) is 1. The third-order valence-electron chi connectivity index (χ3n) is 1.83. The van der Waals surface area contributed by atoms with Gasteiger partial charge >= 0.3 is 0 Å². The van der Waals surface area contributed by atoms with E-state index in [1.54, 1.807) is 0 Å². The molecular weight excluding hydrogens is 219 g/mol. The lowest BCUT2D eigenvalue weighted by Gasteiger charge is -2.04. The van der Waals surface area contributed by atoms with Crippen LogP contribution >= 0.6 is 11.6 Å². The molecule has 0 aromatic carbocycles. The monoisotopic (exact) mass is 230 g/mol. The summed E-state index contributed by atoms with van der Waals surface area (Å²) in [5.41, 5.74) is 0.247. The van der Waals surface area contributed by atoms with Gasteiger partial charge in [-0.2, -0.15) is 0 Å². The molecule has 1 amide bonds. The van der Waals surface area contributed by atoms with Crippen molar-refractivity contribution in [3.63, 3.8) is 0 Å². The van der Waals surface area contributed by atoms with Crippen LogP contribution in [-0.2, 0) is 11.3 Å². The molecule has 15 heavy (non-hydrogen) atoms. The highest BCUT2D eigenvalue weighted by molar-refractivity contribution is 6.17. The molecule has 0 saturated heterocycles. The molecule has 5 heteroatoms. The van der Waals surface area contributed by atoms with Gasteiger partial charge in [0, 0.05) is 18.5 Å². The van der Waals surface area contributed by atoms with Crippen molar-refractivity contribution in [2.24, 2.45) is 0 Å². The molecule has 0 saturated carbocycles. The van der Waals surface area contributed by atoms with Crippen LogP contribution in [0.5, 0.6) is 0 Å². The van der Waals surface area contributed by atoms with Crippen LogP contribution in [0.15, 0.2) is 18.3 Å². The fraction of sp³-hybridized carbons (Fsp3) is 0.400. The average Bonchev–Trinajstić information content (AvgIpc) is 2.25. The number of alkyl halides is 1. The van der Waals surface area contributed by atoms with E-state index in [1.165, 1.54) is 18.3 Å². The average molecular weight is 231 g/mol. The molecule has 1 aromatic rings. The molecule has 0 fully saturated rings. The largest absolute Gasteiger partial charge is 0.350 e. The van der Waals surface area contributed by atoms with Gasteiger partial charge in [0.15, 0.2) is 0 Å². The highest BCUT2D eigenvalue weighted by atomic mass is 35.5. The van der Waals surface area contributed by atoms with Crippen molar-refractivity contribution in [3.8, 4) is 0 Å². The van der Waals surface area contributed by atoms with Gasteiger partial charge in [0.25, 0.3) is 0 Å². The minimum atomic E-state index is -0.407. The summed E-state index contributed by atoms with van der Waals surface area (Å²) in [6.45, 7) is 0.119. The Morgan fingerprint density at radius 1 is 1.60 bits per heavy atom. The third kappa shape index (κ3) is 4.25. The van der Waals surface area contributed by atoms with Crippen LogP contribution in [0.3, 0.4) is 0 Å². The van der Waals surface area contributed by atoms with Crippen molar-refractivity contribution in [1.29, 1.82) is 0 Å². The van der Waals surface area contributed by atoms with E-state index in [2.05, 4.69) is 10.3 Å². The Morgan fingerprint density at radius 3 is 3.07 bits per heavy atom. The molecule has 1 heterocycles. The van der Waals surface area contributed by atoms with Crippen molar-refractivity contribution < 1.29 is 9.18 Å². The number of nitrogens with zero attached hydrogens (tertiary/aromatic N) is 1. The Balaban J connectivity index is 2.37. The molecule has 0 radical (unpaired) electrons. The molecule has 3 nitrogen and oxygen atoms in total. The zero-order valence-electron chi connectivity index (χ0n) is 8.17. The van der Waals surface area contributed by atoms with E-state index < -0.39 is 5.82 Å². The number of carbonyl (C=O) groups is 1. The van der Waals surface area contributed by atoms with Crippen molar-refractivity contribution in [1.82, 2.24) is 10.3 Å². The maximum Gasteiger partial charge on any atom is 0.220 e. The SMILES string of the molecule is O=C(CCCCl)NCc1ncccc1F. The summed E-state index contributed by atoms with van der Waals surface area (Å²) in [6, 6.07) is 2.82. The van der Waals surface area contributed by atoms with E-state index in [4.69, 9.17) is 11.6 Å². The lowest BCUT2D eigenvalue weighted by molar-refractivity contribution is -0.121. The Labute approximate surface area is 92.7 Å². The number of hydrogen-bond acceptors (Lipinski definition) is 2. The summed E-state index contributed by atoms with van der Waals surface area (Å²) in [7, 11) is 0. The summed E-state index contributed by atoms with van der Waals surface area (Å²) >= 11 is 5.44. The normalized spacial score (nSPS) is 10.0. The molecule has 82 valence electrons. The molecule has 1 aromatic heterocycles. The predicted molar refractivity (Wildman–Crippen MR) is 56.0 cm³/mol. The summed E-state index contributed by atoms with van der Waals surface area (Å²) in [6.07, 6.45) is 2.47. The highest BCUT2D eigenvalue weighted by Gasteiger charge is 2.04. The minimum absolute atomic E-state index is 0.119. The van der Waals surface area contributed by atoms with Crippen molar-refractivity contribution in [2.45, 2.75) is 19.4 Å². The maximum absolute atomic E-state index is 13.1. The maximum atomic E-state index is 13.1. The minimum Gasteiger partial charge on any atom is -0.350 e. The molecule has 0 bridgehead atoms. The first-order valence-corrected chi connectivity index (χ1v) is 5.19. The lowest BCUT2D eigenvalue weighted by atomic mass is 10.3. The van der Waals surface area contributed by atoms with Gasteiger partial charge in [0.05, 0.1) is 12.2 Å². The van der Waals surface area contributed by atoms with Gasteiger partial charge in [-0.15, -0.1) is 11.6 Å². The predicted octanol–water partition coefficient (Wildman–Crippen LogP) is 1.86. The topological polar surface area (TPSA) is 42.0 Å². The van der Waals surface area contributed by atoms with Gasteiger partial charge in [-0.05, 0) is 18.6 Å². The summed E-state index contributed by atoms with van der Waals surface area (Å²) in [4.78, 5) is 15.0. The van der Waals surface area contributed by atoms with E-state index in [9.17, 15) is 9.18 Å². The van der Waals surface area contributed by atoms with E-state index in [0.29, 0.717) is 18.7 Å². The number of pyridine rings is 1. The third-order valence-corrected chi connectivity index (χ3v) is 2.09. The quantitative estimate of drug-likeness (QED) is 0.785. The fourth-order valence-electron chi connectivity index (χ4n) is 1.05. The second kappa shape index (κ2) is 6.35. The van der Waals surface area contributed by atoms with Crippen LogP contribution in [0.25, 0.3) is 0 Å². The van der Waals surface area contributed by atoms with E-state index in [1.807, 2.05) is 0 Å². The van der Waals surface area contributed by atoms with Gasteiger partial charge in [-0.3, -0.25) is 9.78 Å². The Bertz CT molecular complexity index is 333. The number of carbonyl (C=O) groups excluding carboxylic acids is 1. The zero-order chi connectivity index (χ0) is 11.1. The smallest absolute Gasteiger partial charge is 0.220 e. The van der Waals surface area contributed by atoms with Crippen LogP contribution < -0.4 is 5.32 Å². The molecule has 0 aliphatic carbocycles. The first-order valence-electron chi connectivity index (χ1n) is 4.66. The number of nitrogens with one attached hydrogen (secondary N) is 1. The van der Waals surface area contributed by atoms with Crippen LogP contribution in [0.2, 0.25) is 0 Å². The Hall–Kier alpha value is -1.16. The summed E-state index contributed by atoms with van der Waals surface area (Å²) in [5.74, 6) is -0.0957. The molecular formula is C10H12ClFN2O. The van der Waals surface area contributed by atoms with Gasteiger partial charge in [0.1, 0.15) is 5.82 Å². The van der Waals surface area contributed by atoms with Crippen molar-refractivity contribution >= 4 is 17.5 Å². The molecule has 0 spiro atoms. The molecule has 0 aliphatic rings. The number of amides is 1. The summed E-state index contributed by atoms with van der Waals surface area (Å²) < 4.78 is 13.1. The number of halogens is 2. The Morgan fingerprint density at radius 2 is 2.40 bits per heavy atom. The molecule has 0 unspecified atom stereocenters. The molecule has 0 atom stereocenters. The lowest BCUT2D eigenvalue weighted by Crippen LogP contribution is -2.23. The number of rotatable bonds is 5. The zero-order valence-corrected chi connectivity index (χ0v) is 8.93. The van der Waals surface area contributed by atoms with Crippen LogP contribution in [0.1, 0.15) is 18.5 Å². The Kier molecular flexibility index (Phi) is 5.04. The van der Waals surface area contributed by atoms with Crippen molar-refractivity contribution in [3.05, 3.63) is 29.8 Å². The van der Waals surface area contributed by atoms with Gasteiger partial charge in [0.2, 0.25) is 5.91 Å². The van der Waals surface area contributed by atoms with Crippen molar-refractivity contribution in [2.75, 3.05) is 5.88 Å². The molecule has 1 N–H and O–H groups in total. The van der Waals surface area contributed by atoms with E-state index in [-0.39, 0.29) is 18.1 Å². The first-order chi connectivity index (χ1) is 7.24. The first kappa shape index (κ1) is 11.9. The molecule has 0 aliphatic heterocycles. The molecule has 1 rings (SSSR count). The van der Waals surface area contributed by atoms with Gasteiger partial charge < -0.3 is 5.32 Å². The van der Waals surface area contributed by atoms with Crippen LogP contribution in [-0.4, -0.2) is 16.8 Å². The highest BCUT2D eigenvalue weighted by Crippen LogP contribution is 2.02. The van der Waals surface area contributed by atoms with E-state index in [0.717, 1.165) is 0 Å². The van der Waals surface area contributed by atoms with Crippen LogP contribution in [0.4, 0.5) is 4.39 Å². The fourth-order valence-corrected chi connectivity index (χ4v) is 1.18. The van der Waals surface area contributed by atoms with Crippen LogP contribution in [0, 0.1) is 5.82 Å². The van der Waals surface area contributed by atoms with E-state index >= 15 is 0 Å². The second-order valence-electron chi connectivity index (χ2n) is 3.00. The summed E-state index contributed by atoms with van der Waals surface area (Å²) in [5, 5.41) is 2.57. The standard InChI is InChI=1S/C10H12ClFN2O/c11-5-1-4-10(15)14-7-9-8(12)3-2-6-13-9/h2-3,6H,1,4-5,7H2,(H,14,15). The van der Waals surface area contributed by atoms with Gasteiger partial charge in [-0.25, -0.2) is 4.39 Å². The number of aromatic nitrogens is 1.